The first kappa shape index (κ1) is 16.7. The molecule has 23 heavy (non-hydrogen) atoms. The van der Waals surface area contributed by atoms with E-state index < -0.39 is 6.10 Å². The van der Waals surface area contributed by atoms with Crippen LogP contribution in [0.3, 0.4) is 0 Å². The standard InChI is InChI=1S/C18H20N2O3/c1-12-14(18(23)19-2)9-6-10-15(12)20-17(22)11-16(21)13-7-4-3-5-8-13/h3-10,16,21H,11H2,1-2H3,(H,19,23)(H,20,22). The van der Waals surface area contributed by atoms with E-state index in [-0.39, 0.29) is 18.2 Å². The van der Waals surface area contributed by atoms with Crippen molar-refractivity contribution in [1.29, 1.82) is 0 Å². The zero-order valence-corrected chi connectivity index (χ0v) is 13.2. The molecule has 1 atom stereocenters. The molecule has 0 aliphatic heterocycles. The highest BCUT2D eigenvalue weighted by Gasteiger charge is 2.15. The van der Waals surface area contributed by atoms with E-state index in [9.17, 15) is 14.7 Å². The molecule has 2 rings (SSSR count). The van der Waals surface area contributed by atoms with Crippen LogP contribution in [0.1, 0.15) is 34.0 Å². The number of rotatable bonds is 5. The Hall–Kier alpha value is -2.66. The van der Waals surface area contributed by atoms with E-state index in [2.05, 4.69) is 10.6 Å². The van der Waals surface area contributed by atoms with Crippen molar-refractivity contribution >= 4 is 17.5 Å². The molecule has 0 saturated heterocycles. The molecule has 0 bridgehead atoms. The number of carbonyl (C=O) groups excluding carboxylic acids is 2. The van der Waals surface area contributed by atoms with Gasteiger partial charge < -0.3 is 15.7 Å². The number of nitrogens with one attached hydrogen (secondary N) is 2. The van der Waals surface area contributed by atoms with Crippen molar-refractivity contribution < 1.29 is 14.7 Å². The Morgan fingerprint density at radius 3 is 2.43 bits per heavy atom. The van der Waals surface area contributed by atoms with Gasteiger partial charge in [-0.2, -0.15) is 0 Å². The molecule has 5 nitrogen and oxygen atoms in total. The fraction of sp³-hybridized carbons (Fsp3) is 0.222. The van der Waals surface area contributed by atoms with Crippen molar-refractivity contribution in [2.24, 2.45) is 0 Å². The lowest BCUT2D eigenvalue weighted by atomic mass is 10.0. The molecule has 0 aliphatic carbocycles. The minimum atomic E-state index is -0.862. The monoisotopic (exact) mass is 312 g/mol. The minimum absolute atomic E-state index is 0.0480. The maximum absolute atomic E-state index is 12.1. The Bertz CT molecular complexity index is 699. The molecule has 2 aromatic carbocycles. The third kappa shape index (κ3) is 4.17. The van der Waals surface area contributed by atoms with Crippen molar-refractivity contribution in [3.8, 4) is 0 Å². The van der Waals surface area contributed by atoms with Crippen LogP contribution in [0.5, 0.6) is 0 Å². The van der Waals surface area contributed by atoms with E-state index in [0.717, 1.165) is 0 Å². The van der Waals surface area contributed by atoms with Crippen LogP contribution in [-0.4, -0.2) is 24.0 Å². The van der Waals surface area contributed by atoms with Gasteiger partial charge in [0, 0.05) is 18.3 Å². The molecule has 0 spiro atoms. The summed E-state index contributed by atoms with van der Waals surface area (Å²) in [5.41, 5.74) is 2.46. The van der Waals surface area contributed by atoms with Crippen LogP contribution >= 0.6 is 0 Å². The second-order valence-electron chi connectivity index (χ2n) is 5.24. The zero-order valence-electron chi connectivity index (χ0n) is 13.2. The second kappa shape index (κ2) is 7.56. The Morgan fingerprint density at radius 2 is 1.78 bits per heavy atom. The van der Waals surface area contributed by atoms with Gasteiger partial charge in [0.2, 0.25) is 5.91 Å². The lowest BCUT2D eigenvalue weighted by Crippen LogP contribution is -2.21. The molecule has 0 aliphatic rings. The normalized spacial score (nSPS) is 11.6. The lowest BCUT2D eigenvalue weighted by Gasteiger charge is -2.14. The lowest BCUT2D eigenvalue weighted by molar-refractivity contribution is -0.118. The van der Waals surface area contributed by atoms with Crippen LogP contribution in [-0.2, 0) is 4.79 Å². The van der Waals surface area contributed by atoms with Gasteiger partial charge in [0.15, 0.2) is 0 Å². The van der Waals surface area contributed by atoms with Crippen molar-refractivity contribution in [3.63, 3.8) is 0 Å². The number of amides is 2. The van der Waals surface area contributed by atoms with Crippen molar-refractivity contribution in [2.45, 2.75) is 19.4 Å². The van der Waals surface area contributed by atoms with Crippen LogP contribution in [0.2, 0.25) is 0 Å². The van der Waals surface area contributed by atoms with E-state index in [0.29, 0.717) is 22.4 Å². The molecule has 2 amide bonds. The summed E-state index contributed by atoms with van der Waals surface area (Å²) in [6.45, 7) is 1.77. The van der Waals surface area contributed by atoms with Crippen LogP contribution < -0.4 is 10.6 Å². The number of anilines is 1. The average molecular weight is 312 g/mol. The van der Waals surface area contributed by atoms with Crippen molar-refractivity contribution in [3.05, 3.63) is 65.2 Å². The summed E-state index contributed by atoms with van der Waals surface area (Å²) in [5, 5.41) is 15.4. The van der Waals surface area contributed by atoms with Gasteiger partial charge in [0.05, 0.1) is 12.5 Å². The first-order valence-corrected chi connectivity index (χ1v) is 7.37. The molecule has 3 N–H and O–H groups in total. The predicted molar refractivity (Wildman–Crippen MR) is 89.2 cm³/mol. The number of carbonyl (C=O) groups is 2. The number of hydrogen-bond acceptors (Lipinski definition) is 3. The molecule has 0 radical (unpaired) electrons. The Morgan fingerprint density at radius 1 is 1.09 bits per heavy atom. The van der Waals surface area contributed by atoms with E-state index >= 15 is 0 Å². The van der Waals surface area contributed by atoms with Gasteiger partial charge in [0.1, 0.15) is 0 Å². The quantitative estimate of drug-likeness (QED) is 0.793. The molecule has 5 heteroatoms. The fourth-order valence-electron chi connectivity index (χ4n) is 2.32. The average Bonchev–Trinajstić information content (AvgIpc) is 2.56. The summed E-state index contributed by atoms with van der Waals surface area (Å²) in [7, 11) is 1.56. The number of aliphatic hydroxyl groups is 1. The molecule has 120 valence electrons. The van der Waals surface area contributed by atoms with E-state index in [4.69, 9.17) is 0 Å². The maximum atomic E-state index is 12.1. The molecule has 0 heterocycles. The van der Waals surface area contributed by atoms with Crippen LogP contribution in [0.25, 0.3) is 0 Å². The van der Waals surface area contributed by atoms with Gasteiger partial charge in [-0.1, -0.05) is 36.4 Å². The third-order valence-electron chi connectivity index (χ3n) is 3.64. The van der Waals surface area contributed by atoms with Gasteiger partial charge >= 0.3 is 0 Å². The topological polar surface area (TPSA) is 78.4 Å². The molecular formula is C18H20N2O3. The molecule has 0 aromatic heterocycles. The van der Waals surface area contributed by atoms with Gasteiger partial charge in [-0.15, -0.1) is 0 Å². The third-order valence-corrected chi connectivity index (χ3v) is 3.64. The van der Waals surface area contributed by atoms with Crippen LogP contribution in [0, 0.1) is 6.92 Å². The smallest absolute Gasteiger partial charge is 0.251 e. The minimum Gasteiger partial charge on any atom is -0.388 e. The van der Waals surface area contributed by atoms with Gasteiger partial charge in [-0.05, 0) is 30.2 Å². The summed E-state index contributed by atoms with van der Waals surface area (Å²) in [4.78, 5) is 23.9. The highest BCUT2D eigenvalue weighted by Crippen LogP contribution is 2.21. The number of benzene rings is 2. The van der Waals surface area contributed by atoms with Crippen LogP contribution in [0.4, 0.5) is 5.69 Å². The number of hydrogen-bond donors (Lipinski definition) is 3. The van der Waals surface area contributed by atoms with Crippen molar-refractivity contribution in [1.82, 2.24) is 5.32 Å². The zero-order chi connectivity index (χ0) is 16.8. The largest absolute Gasteiger partial charge is 0.388 e. The van der Waals surface area contributed by atoms with E-state index in [1.165, 1.54) is 0 Å². The molecule has 1 unspecified atom stereocenters. The highest BCUT2D eigenvalue weighted by atomic mass is 16.3. The maximum Gasteiger partial charge on any atom is 0.251 e. The molecular weight excluding hydrogens is 292 g/mol. The van der Waals surface area contributed by atoms with E-state index in [1.54, 1.807) is 44.3 Å². The summed E-state index contributed by atoms with van der Waals surface area (Å²) in [6.07, 6.45) is -0.910. The fourth-order valence-corrected chi connectivity index (χ4v) is 2.32. The summed E-state index contributed by atoms with van der Waals surface area (Å²) < 4.78 is 0. The highest BCUT2D eigenvalue weighted by molar-refractivity contribution is 5.99. The number of aliphatic hydroxyl groups excluding tert-OH is 1. The van der Waals surface area contributed by atoms with E-state index in [1.807, 2.05) is 18.2 Å². The van der Waals surface area contributed by atoms with Gasteiger partial charge in [-0.3, -0.25) is 9.59 Å². The van der Waals surface area contributed by atoms with Gasteiger partial charge in [0.25, 0.3) is 5.91 Å². The summed E-state index contributed by atoms with van der Waals surface area (Å²) in [6, 6.07) is 14.2. The summed E-state index contributed by atoms with van der Waals surface area (Å²) in [5.74, 6) is -0.513. The molecule has 0 fully saturated rings. The SMILES string of the molecule is CNC(=O)c1cccc(NC(=O)CC(O)c2ccccc2)c1C. The first-order valence-electron chi connectivity index (χ1n) is 7.37. The predicted octanol–water partition coefficient (Wildman–Crippen LogP) is 2.42. The second-order valence-corrected chi connectivity index (χ2v) is 5.24. The Balaban J connectivity index is 2.07. The molecule has 0 saturated carbocycles. The van der Waals surface area contributed by atoms with Crippen LogP contribution in [0.15, 0.2) is 48.5 Å². The van der Waals surface area contributed by atoms with Gasteiger partial charge in [-0.25, -0.2) is 0 Å². The molecule has 2 aromatic rings. The first-order chi connectivity index (χ1) is 11.0. The Kier molecular flexibility index (Phi) is 5.49. The summed E-state index contributed by atoms with van der Waals surface area (Å²) >= 11 is 0. The van der Waals surface area contributed by atoms with Crippen molar-refractivity contribution in [2.75, 3.05) is 12.4 Å². The Labute approximate surface area is 135 Å².